The molecule has 1 heterocycles. The maximum atomic E-state index is 14.3. The molecule has 0 aromatic heterocycles. The minimum atomic E-state index is -2.46. The number of anilines is 1. The summed E-state index contributed by atoms with van der Waals surface area (Å²) in [6.07, 6.45) is -0.0904. The van der Waals surface area contributed by atoms with Gasteiger partial charge in [0, 0.05) is 18.7 Å². The first-order valence-corrected chi connectivity index (χ1v) is 8.18. The van der Waals surface area contributed by atoms with Gasteiger partial charge in [0.2, 0.25) is 40.7 Å². The molecule has 1 fully saturated rings. The van der Waals surface area contributed by atoms with Gasteiger partial charge in [0.25, 0.3) is 0 Å². The lowest BCUT2D eigenvalue weighted by Crippen LogP contribution is -2.49. The summed E-state index contributed by atoms with van der Waals surface area (Å²) in [5.41, 5.74) is -0.820. The third kappa shape index (κ3) is 3.55. The molecule has 1 aliphatic rings. The number of imide groups is 1. The van der Waals surface area contributed by atoms with Crippen LogP contribution in [0, 0.1) is 41.8 Å². The van der Waals surface area contributed by atoms with E-state index in [-0.39, 0.29) is 24.2 Å². The molecule has 0 saturated carbocycles. The van der Waals surface area contributed by atoms with Gasteiger partial charge >= 0.3 is 12.0 Å². The van der Waals surface area contributed by atoms with Gasteiger partial charge in [-0.25, -0.2) is 27.2 Å². The van der Waals surface area contributed by atoms with Crippen LogP contribution in [0.2, 0.25) is 0 Å². The first-order chi connectivity index (χ1) is 14.0. The highest BCUT2D eigenvalue weighted by Crippen LogP contribution is 2.31. The molecule has 30 heavy (non-hydrogen) atoms. The number of hydrogen-bond donors (Lipinski definition) is 1. The summed E-state index contributed by atoms with van der Waals surface area (Å²) in [4.78, 5) is 36.5. The van der Waals surface area contributed by atoms with Crippen LogP contribution in [0.5, 0.6) is 5.75 Å². The van der Waals surface area contributed by atoms with Crippen LogP contribution >= 0.6 is 0 Å². The predicted molar refractivity (Wildman–Crippen MR) is 87.8 cm³/mol. The monoisotopic (exact) mass is 432 g/mol. The molecule has 0 bridgehead atoms. The summed E-state index contributed by atoms with van der Waals surface area (Å²) in [6.45, 7) is 1.27. The van der Waals surface area contributed by atoms with Crippen LogP contribution in [0.15, 0.2) is 12.1 Å². The average molecular weight is 432 g/mol. The molecule has 0 aliphatic carbocycles. The normalized spacial score (nSPS) is 14.0. The van der Waals surface area contributed by atoms with Crippen molar-refractivity contribution in [3.63, 3.8) is 0 Å². The van der Waals surface area contributed by atoms with Gasteiger partial charge in [0.1, 0.15) is 5.82 Å². The van der Waals surface area contributed by atoms with Crippen molar-refractivity contribution in [2.45, 2.75) is 13.3 Å². The molecule has 2 aromatic carbocycles. The summed E-state index contributed by atoms with van der Waals surface area (Å²) in [7, 11) is 0. The Morgan fingerprint density at radius 3 is 2.10 bits per heavy atom. The summed E-state index contributed by atoms with van der Waals surface area (Å²) < 4.78 is 85.6. The van der Waals surface area contributed by atoms with Gasteiger partial charge in [-0.1, -0.05) is 0 Å². The lowest BCUT2D eigenvalue weighted by atomic mass is 10.1. The van der Waals surface area contributed by atoms with Crippen LogP contribution in [-0.4, -0.2) is 24.5 Å². The van der Waals surface area contributed by atoms with Crippen LogP contribution in [0.1, 0.15) is 22.3 Å². The Labute approximate surface area is 164 Å². The molecule has 6 nitrogen and oxygen atoms in total. The molecule has 2 aromatic rings. The Balaban J connectivity index is 2.00. The molecule has 12 heteroatoms. The van der Waals surface area contributed by atoms with Crippen LogP contribution in [-0.2, 0) is 4.79 Å². The van der Waals surface area contributed by atoms with Crippen LogP contribution < -0.4 is 15.0 Å². The van der Waals surface area contributed by atoms with Crippen molar-refractivity contribution in [2.24, 2.45) is 0 Å². The number of halogens is 6. The molecule has 158 valence electrons. The number of carbonyl (C=O) groups is 3. The molecule has 1 N–H and O–H groups in total. The largest absolute Gasteiger partial charge is 0.416 e. The van der Waals surface area contributed by atoms with Gasteiger partial charge in [0.15, 0.2) is 0 Å². The summed E-state index contributed by atoms with van der Waals surface area (Å²) in [5, 5.41) is 2.01. The highest BCUT2D eigenvalue weighted by atomic mass is 19.2. The molecule has 0 atom stereocenters. The number of amides is 3. The van der Waals surface area contributed by atoms with E-state index in [9.17, 15) is 40.7 Å². The van der Waals surface area contributed by atoms with E-state index in [0.717, 1.165) is 17.0 Å². The topological polar surface area (TPSA) is 75.7 Å². The number of nitrogens with one attached hydrogen (secondary N) is 1. The van der Waals surface area contributed by atoms with Crippen molar-refractivity contribution < 1.29 is 45.5 Å². The van der Waals surface area contributed by atoms with E-state index in [0.29, 0.717) is 0 Å². The average Bonchev–Trinajstić information content (AvgIpc) is 2.69. The van der Waals surface area contributed by atoms with Crippen molar-refractivity contribution in [3.8, 4) is 5.75 Å². The van der Waals surface area contributed by atoms with Gasteiger partial charge in [0.05, 0.1) is 5.56 Å². The lowest BCUT2D eigenvalue weighted by Gasteiger charge is -2.28. The summed E-state index contributed by atoms with van der Waals surface area (Å²) >= 11 is 0. The molecular formula is C18H10F6N2O4. The van der Waals surface area contributed by atoms with Gasteiger partial charge in [-0.2, -0.15) is 8.78 Å². The fourth-order valence-electron chi connectivity index (χ4n) is 2.72. The lowest BCUT2D eigenvalue weighted by molar-refractivity contribution is -0.120. The molecule has 1 saturated heterocycles. The smallest absolute Gasteiger partial charge is 0.346 e. The minimum absolute atomic E-state index is 0.0363. The zero-order valence-corrected chi connectivity index (χ0v) is 14.9. The quantitative estimate of drug-likeness (QED) is 0.265. The van der Waals surface area contributed by atoms with Gasteiger partial charge in [-0.05, 0) is 24.6 Å². The molecule has 3 rings (SSSR count). The summed E-state index contributed by atoms with van der Waals surface area (Å²) in [6, 6.07) is 0.739. The fraction of sp³-hybridized carbons (Fsp3) is 0.167. The first-order valence-electron chi connectivity index (χ1n) is 8.18. The van der Waals surface area contributed by atoms with Crippen molar-refractivity contribution in [1.29, 1.82) is 0 Å². The Kier molecular flexibility index (Phi) is 5.42. The number of ether oxygens (including phenoxy) is 1. The highest BCUT2D eigenvalue weighted by Gasteiger charge is 2.31. The molecule has 3 amide bonds. The predicted octanol–water partition coefficient (Wildman–Crippen LogP) is 3.50. The van der Waals surface area contributed by atoms with E-state index >= 15 is 0 Å². The van der Waals surface area contributed by atoms with E-state index in [1.807, 2.05) is 5.32 Å². The Hall–Kier alpha value is -3.57. The maximum Gasteiger partial charge on any atom is 0.346 e. The van der Waals surface area contributed by atoms with E-state index < -0.39 is 64.1 Å². The van der Waals surface area contributed by atoms with E-state index in [2.05, 4.69) is 4.74 Å². The first kappa shape index (κ1) is 21.1. The zero-order chi connectivity index (χ0) is 22.3. The molecule has 0 radical (unpaired) electrons. The van der Waals surface area contributed by atoms with Crippen LogP contribution in [0.4, 0.5) is 36.8 Å². The maximum absolute atomic E-state index is 14.3. The molecule has 0 unspecified atom stereocenters. The van der Waals surface area contributed by atoms with E-state index in [4.69, 9.17) is 0 Å². The number of nitrogens with zero attached hydrogens (tertiary/aromatic N) is 1. The standard InChI is InChI=1S/C18H10F6N2O4/c1-6-4-8(19)7(5-9(6)26-3-2-10(27)25-18(26)29)17(28)30-16-14(23)12(21)11(20)13(22)15(16)24/h4-5H,2-3H2,1H3,(H,25,27,29). The van der Waals surface area contributed by atoms with Crippen LogP contribution in [0.3, 0.4) is 0 Å². The number of aryl methyl sites for hydroxylation is 1. The van der Waals surface area contributed by atoms with Crippen molar-refractivity contribution in [2.75, 3.05) is 11.4 Å². The van der Waals surface area contributed by atoms with Gasteiger partial charge in [-0.15, -0.1) is 0 Å². The fourth-order valence-corrected chi connectivity index (χ4v) is 2.72. The van der Waals surface area contributed by atoms with Gasteiger partial charge in [-0.3, -0.25) is 15.0 Å². The second kappa shape index (κ2) is 7.69. The second-order valence-corrected chi connectivity index (χ2v) is 6.16. The second-order valence-electron chi connectivity index (χ2n) is 6.16. The van der Waals surface area contributed by atoms with Crippen molar-refractivity contribution in [3.05, 3.63) is 58.2 Å². The number of benzene rings is 2. The molecular weight excluding hydrogens is 422 g/mol. The third-order valence-electron chi connectivity index (χ3n) is 4.21. The Bertz CT molecular complexity index is 1080. The highest BCUT2D eigenvalue weighted by molar-refractivity contribution is 6.06. The van der Waals surface area contributed by atoms with Crippen LogP contribution in [0.25, 0.3) is 0 Å². The van der Waals surface area contributed by atoms with Crippen molar-refractivity contribution >= 4 is 23.6 Å². The summed E-state index contributed by atoms with van der Waals surface area (Å²) in [5.74, 6) is -17.5. The molecule has 0 spiro atoms. The Morgan fingerprint density at radius 2 is 1.53 bits per heavy atom. The SMILES string of the molecule is Cc1cc(F)c(C(=O)Oc2c(F)c(F)c(F)c(F)c2F)cc1N1CCC(=O)NC1=O. The third-order valence-corrected chi connectivity index (χ3v) is 4.21. The number of rotatable bonds is 3. The number of esters is 1. The number of urea groups is 1. The number of hydrogen-bond acceptors (Lipinski definition) is 4. The van der Waals surface area contributed by atoms with Crippen molar-refractivity contribution in [1.82, 2.24) is 5.32 Å². The van der Waals surface area contributed by atoms with E-state index in [1.165, 1.54) is 6.92 Å². The number of carbonyl (C=O) groups excluding carboxylic acids is 3. The molecule has 1 aliphatic heterocycles. The zero-order valence-electron chi connectivity index (χ0n) is 14.9. The van der Waals surface area contributed by atoms with Gasteiger partial charge < -0.3 is 4.74 Å². The Morgan fingerprint density at radius 1 is 0.967 bits per heavy atom. The van der Waals surface area contributed by atoms with E-state index in [1.54, 1.807) is 0 Å². The minimum Gasteiger partial charge on any atom is -0.416 e.